The van der Waals surface area contributed by atoms with Gasteiger partial charge >= 0.3 is 0 Å². The molecule has 2 aromatic heterocycles. The monoisotopic (exact) mass is 450 g/mol. The summed E-state index contributed by atoms with van der Waals surface area (Å²) >= 11 is 0. The summed E-state index contributed by atoms with van der Waals surface area (Å²) in [5, 5.41) is 5.14. The highest BCUT2D eigenvalue weighted by molar-refractivity contribution is 6.13. The standard InChI is InChI=1S/C33H26N2/c1-3-22-17-19-27-24-10-4-7-13-29(24)34-33(27)32(22)28-20-23(18-16-21(28)2)35-30-14-8-5-11-25(30)26-12-6-9-15-31(26)35/h4-20,34H,3H2,1-2H3. The first-order valence-electron chi connectivity index (χ1n) is 12.4. The van der Waals surface area contributed by atoms with Crippen molar-refractivity contribution in [3.05, 3.63) is 114 Å². The molecular weight excluding hydrogens is 424 g/mol. The lowest BCUT2D eigenvalue weighted by Gasteiger charge is -2.16. The van der Waals surface area contributed by atoms with Gasteiger partial charge in [-0.2, -0.15) is 0 Å². The number of para-hydroxylation sites is 3. The van der Waals surface area contributed by atoms with Gasteiger partial charge in [-0.05, 0) is 60.4 Å². The minimum Gasteiger partial charge on any atom is -0.354 e. The Labute approximate surface area is 204 Å². The SMILES string of the molecule is CCc1ccc2c([nH]c3ccccc32)c1-c1cc(-n2c3ccccc3c3ccccc32)ccc1C. The molecule has 0 atom stereocenters. The minimum absolute atomic E-state index is 0.986. The second-order valence-electron chi connectivity index (χ2n) is 9.42. The third kappa shape index (κ3) is 2.90. The van der Waals surface area contributed by atoms with Crippen molar-refractivity contribution in [2.75, 3.05) is 0 Å². The van der Waals surface area contributed by atoms with Crippen LogP contribution in [0.3, 0.4) is 0 Å². The molecule has 5 aromatic carbocycles. The number of benzene rings is 5. The summed E-state index contributed by atoms with van der Waals surface area (Å²) < 4.78 is 2.41. The van der Waals surface area contributed by atoms with E-state index >= 15 is 0 Å². The van der Waals surface area contributed by atoms with Gasteiger partial charge in [-0.15, -0.1) is 0 Å². The lowest BCUT2D eigenvalue weighted by Crippen LogP contribution is -1.97. The van der Waals surface area contributed by atoms with E-state index in [1.807, 2.05) is 0 Å². The number of hydrogen-bond donors (Lipinski definition) is 1. The van der Waals surface area contributed by atoms with Gasteiger partial charge in [0.25, 0.3) is 0 Å². The molecule has 2 heteroatoms. The van der Waals surface area contributed by atoms with Gasteiger partial charge in [0.05, 0.1) is 16.6 Å². The lowest BCUT2D eigenvalue weighted by molar-refractivity contribution is 1.14. The van der Waals surface area contributed by atoms with Crippen LogP contribution < -0.4 is 0 Å². The van der Waals surface area contributed by atoms with E-state index in [2.05, 4.69) is 127 Å². The number of aromatic nitrogens is 2. The zero-order chi connectivity index (χ0) is 23.5. The van der Waals surface area contributed by atoms with E-state index in [0.717, 1.165) is 6.42 Å². The van der Waals surface area contributed by atoms with Crippen LogP contribution in [0.25, 0.3) is 60.4 Å². The molecule has 168 valence electrons. The fraction of sp³-hybridized carbons (Fsp3) is 0.0909. The van der Waals surface area contributed by atoms with Crippen molar-refractivity contribution in [2.45, 2.75) is 20.3 Å². The molecule has 0 bridgehead atoms. The van der Waals surface area contributed by atoms with E-state index in [4.69, 9.17) is 0 Å². The maximum atomic E-state index is 3.75. The van der Waals surface area contributed by atoms with E-state index in [1.54, 1.807) is 0 Å². The zero-order valence-electron chi connectivity index (χ0n) is 20.0. The van der Waals surface area contributed by atoms with Crippen LogP contribution in [0.4, 0.5) is 0 Å². The first-order valence-corrected chi connectivity index (χ1v) is 12.4. The van der Waals surface area contributed by atoms with Gasteiger partial charge in [0, 0.05) is 38.3 Å². The Morgan fingerprint density at radius 3 is 2.03 bits per heavy atom. The molecule has 0 saturated carbocycles. The fourth-order valence-electron chi connectivity index (χ4n) is 5.78. The second kappa shape index (κ2) is 7.61. The normalized spacial score (nSPS) is 11.8. The first-order chi connectivity index (χ1) is 17.2. The predicted octanol–water partition coefficient (Wildman–Crippen LogP) is 8.96. The van der Waals surface area contributed by atoms with Crippen molar-refractivity contribution in [3.8, 4) is 16.8 Å². The molecule has 2 heterocycles. The molecule has 0 radical (unpaired) electrons. The molecule has 0 fully saturated rings. The van der Waals surface area contributed by atoms with Gasteiger partial charge in [0.2, 0.25) is 0 Å². The molecule has 7 aromatic rings. The number of nitrogens with one attached hydrogen (secondary N) is 1. The van der Waals surface area contributed by atoms with Gasteiger partial charge in [-0.1, -0.05) is 79.7 Å². The smallest absolute Gasteiger partial charge is 0.0547 e. The third-order valence-corrected chi connectivity index (χ3v) is 7.48. The summed E-state index contributed by atoms with van der Waals surface area (Å²) in [7, 11) is 0. The van der Waals surface area contributed by atoms with Crippen molar-refractivity contribution in [2.24, 2.45) is 0 Å². The first kappa shape index (κ1) is 20.1. The third-order valence-electron chi connectivity index (χ3n) is 7.48. The molecule has 1 N–H and O–H groups in total. The largest absolute Gasteiger partial charge is 0.354 e. The summed E-state index contributed by atoms with van der Waals surface area (Å²) in [6, 6.07) is 37.5. The van der Waals surface area contributed by atoms with E-state index in [9.17, 15) is 0 Å². The average Bonchev–Trinajstić information content (AvgIpc) is 3.45. The van der Waals surface area contributed by atoms with Crippen LogP contribution in [-0.4, -0.2) is 9.55 Å². The van der Waals surface area contributed by atoms with Crippen LogP contribution in [0.15, 0.2) is 103 Å². The topological polar surface area (TPSA) is 20.7 Å². The molecule has 2 nitrogen and oxygen atoms in total. The summed E-state index contributed by atoms with van der Waals surface area (Å²) in [4.78, 5) is 3.75. The highest BCUT2D eigenvalue weighted by atomic mass is 15.0. The van der Waals surface area contributed by atoms with Gasteiger partial charge < -0.3 is 9.55 Å². The summed E-state index contributed by atoms with van der Waals surface area (Å²) in [6.07, 6.45) is 0.986. The molecule has 0 spiro atoms. The quantitative estimate of drug-likeness (QED) is 0.277. The van der Waals surface area contributed by atoms with Gasteiger partial charge in [0.15, 0.2) is 0 Å². The van der Waals surface area contributed by atoms with Crippen LogP contribution in [0, 0.1) is 6.92 Å². The van der Waals surface area contributed by atoms with Crippen LogP contribution in [0.2, 0.25) is 0 Å². The number of fused-ring (bicyclic) bond motifs is 6. The summed E-state index contributed by atoms with van der Waals surface area (Å²) in [5.41, 5.74) is 11.4. The average molecular weight is 451 g/mol. The molecule has 0 unspecified atom stereocenters. The van der Waals surface area contributed by atoms with E-state index in [0.29, 0.717) is 0 Å². The zero-order valence-corrected chi connectivity index (χ0v) is 20.0. The fourth-order valence-corrected chi connectivity index (χ4v) is 5.78. The molecular formula is C33H26N2. The van der Waals surface area contributed by atoms with Crippen LogP contribution >= 0.6 is 0 Å². The number of H-pyrrole nitrogens is 1. The molecule has 0 amide bonds. The van der Waals surface area contributed by atoms with E-state index in [1.165, 1.54) is 71.6 Å². The Hall–Kier alpha value is -4.30. The number of nitrogens with zero attached hydrogens (tertiary/aromatic N) is 1. The Bertz CT molecular complexity index is 1840. The number of hydrogen-bond acceptors (Lipinski definition) is 0. The molecule has 0 saturated heterocycles. The van der Waals surface area contributed by atoms with Crippen LogP contribution in [0.5, 0.6) is 0 Å². The van der Waals surface area contributed by atoms with Crippen LogP contribution in [0.1, 0.15) is 18.1 Å². The van der Waals surface area contributed by atoms with Crippen molar-refractivity contribution >= 4 is 43.6 Å². The van der Waals surface area contributed by atoms with E-state index < -0.39 is 0 Å². The number of rotatable bonds is 3. The predicted molar refractivity (Wildman–Crippen MR) is 150 cm³/mol. The van der Waals surface area contributed by atoms with Gasteiger partial charge in [-0.25, -0.2) is 0 Å². The lowest BCUT2D eigenvalue weighted by atomic mass is 9.92. The second-order valence-corrected chi connectivity index (χ2v) is 9.42. The van der Waals surface area contributed by atoms with Gasteiger partial charge in [0.1, 0.15) is 0 Å². The summed E-state index contributed by atoms with van der Waals surface area (Å²) in [6.45, 7) is 4.48. The highest BCUT2D eigenvalue weighted by Crippen LogP contribution is 2.39. The molecule has 0 aliphatic carbocycles. The maximum absolute atomic E-state index is 3.75. The van der Waals surface area contributed by atoms with Crippen LogP contribution in [-0.2, 0) is 6.42 Å². The minimum atomic E-state index is 0.986. The Morgan fingerprint density at radius 2 is 1.31 bits per heavy atom. The summed E-state index contributed by atoms with van der Waals surface area (Å²) in [5.74, 6) is 0. The number of aromatic amines is 1. The Kier molecular flexibility index (Phi) is 4.37. The van der Waals surface area contributed by atoms with E-state index in [-0.39, 0.29) is 0 Å². The Balaban J connectivity index is 1.56. The van der Waals surface area contributed by atoms with Crippen molar-refractivity contribution in [1.82, 2.24) is 9.55 Å². The van der Waals surface area contributed by atoms with Crippen molar-refractivity contribution < 1.29 is 0 Å². The van der Waals surface area contributed by atoms with Crippen molar-refractivity contribution in [1.29, 1.82) is 0 Å². The van der Waals surface area contributed by atoms with Gasteiger partial charge in [-0.3, -0.25) is 0 Å². The maximum Gasteiger partial charge on any atom is 0.0547 e. The molecule has 35 heavy (non-hydrogen) atoms. The number of aryl methyl sites for hydroxylation is 2. The molecule has 0 aliphatic rings. The highest BCUT2D eigenvalue weighted by Gasteiger charge is 2.17. The molecule has 7 rings (SSSR count). The Morgan fingerprint density at radius 1 is 0.657 bits per heavy atom. The van der Waals surface area contributed by atoms with Crippen molar-refractivity contribution in [3.63, 3.8) is 0 Å². The molecule has 0 aliphatic heterocycles.